The standard InChI is InChI=1S/C7H4Cl2N2S/c8-3-1-4(9)6-7(5(3)10)12-2-11-6/h1-2H,10H2. The highest BCUT2D eigenvalue weighted by Crippen LogP contribution is 2.35. The van der Waals surface area contributed by atoms with Crippen LogP contribution in [0, 0.1) is 0 Å². The second kappa shape index (κ2) is 2.76. The second-order valence-electron chi connectivity index (χ2n) is 2.28. The normalized spacial score (nSPS) is 10.8. The molecular weight excluding hydrogens is 215 g/mol. The lowest BCUT2D eigenvalue weighted by atomic mass is 10.3. The SMILES string of the molecule is Nc1c(Cl)cc(Cl)c2ncsc12. The first-order chi connectivity index (χ1) is 5.70. The predicted octanol–water partition coefficient (Wildman–Crippen LogP) is 3.19. The van der Waals surface area contributed by atoms with Crippen molar-refractivity contribution in [1.29, 1.82) is 0 Å². The Morgan fingerprint density at radius 1 is 1.33 bits per heavy atom. The minimum atomic E-state index is 0.483. The van der Waals surface area contributed by atoms with E-state index in [2.05, 4.69) is 4.98 Å². The van der Waals surface area contributed by atoms with E-state index in [1.54, 1.807) is 11.6 Å². The van der Waals surface area contributed by atoms with Gasteiger partial charge >= 0.3 is 0 Å². The van der Waals surface area contributed by atoms with Gasteiger partial charge in [0.15, 0.2) is 0 Å². The molecular formula is C7H4Cl2N2S. The zero-order valence-corrected chi connectivity index (χ0v) is 8.17. The quantitative estimate of drug-likeness (QED) is 0.691. The van der Waals surface area contributed by atoms with Crippen LogP contribution in [-0.2, 0) is 0 Å². The van der Waals surface area contributed by atoms with Gasteiger partial charge < -0.3 is 5.73 Å². The van der Waals surface area contributed by atoms with E-state index in [1.165, 1.54) is 11.3 Å². The molecule has 0 fully saturated rings. The van der Waals surface area contributed by atoms with Crippen LogP contribution in [0.1, 0.15) is 0 Å². The molecule has 0 aliphatic carbocycles. The first kappa shape index (κ1) is 8.10. The van der Waals surface area contributed by atoms with Crippen LogP contribution in [0.5, 0.6) is 0 Å². The number of nitrogens with zero attached hydrogens (tertiary/aromatic N) is 1. The third-order valence-corrected chi connectivity index (χ3v) is 3.01. The second-order valence-corrected chi connectivity index (χ2v) is 3.95. The van der Waals surface area contributed by atoms with Gasteiger partial charge in [0.05, 0.1) is 25.9 Å². The van der Waals surface area contributed by atoms with Crippen LogP contribution >= 0.6 is 34.5 Å². The minimum Gasteiger partial charge on any atom is -0.396 e. The molecule has 1 aromatic heterocycles. The van der Waals surface area contributed by atoms with Gasteiger partial charge in [-0.1, -0.05) is 23.2 Å². The molecule has 2 aromatic rings. The van der Waals surface area contributed by atoms with Crippen molar-refractivity contribution in [3.8, 4) is 0 Å². The Morgan fingerprint density at radius 3 is 2.83 bits per heavy atom. The molecule has 0 spiro atoms. The monoisotopic (exact) mass is 218 g/mol. The fraction of sp³-hybridized carbons (Fsp3) is 0. The fourth-order valence-electron chi connectivity index (χ4n) is 0.973. The smallest absolute Gasteiger partial charge is 0.102 e. The average Bonchev–Trinajstić information content (AvgIpc) is 2.48. The summed E-state index contributed by atoms with van der Waals surface area (Å²) in [6, 6.07) is 1.61. The van der Waals surface area contributed by atoms with E-state index in [4.69, 9.17) is 28.9 Å². The van der Waals surface area contributed by atoms with Gasteiger partial charge in [0.2, 0.25) is 0 Å². The Hall–Kier alpha value is -0.510. The zero-order valence-electron chi connectivity index (χ0n) is 5.84. The molecule has 62 valence electrons. The van der Waals surface area contributed by atoms with E-state index >= 15 is 0 Å². The molecule has 1 aromatic carbocycles. The van der Waals surface area contributed by atoms with E-state index in [-0.39, 0.29) is 0 Å². The average molecular weight is 219 g/mol. The third-order valence-electron chi connectivity index (χ3n) is 1.55. The van der Waals surface area contributed by atoms with E-state index in [0.717, 1.165) is 10.2 Å². The van der Waals surface area contributed by atoms with Crippen LogP contribution in [0.4, 0.5) is 5.69 Å². The Kier molecular flexibility index (Phi) is 1.87. The summed E-state index contributed by atoms with van der Waals surface area (Å²) >= 11 is 13.1. The molecule has 0 bridgehead atoms. The van der Waals surface area contributed by atoms with Gasteiger partial charge in [-0.3, -0.25) is 0 Å². The topological polar surface area (TPSA) is 38.9 Å². The van der Waals surface area contributed by atoms with Gasteiger partial charge in [-0.15, -0.1) is 11.3 Å². The van der Waals surface area contributed by atoms with Crippen molar-refractivity contribution in [3.05, 3.63) is 21.6 Å². The zero-order chi connectivity index (χ0) is 8.72. The highest BCUT2D eigenvalue weighted by atomic mass is 35.5. The number of halogens is 2. The summed E-state index contributed by atoms with van der Waals surface area (Å²) in [7, 11) is 0. The number of hydrogen-bond acceptors (Lipinski definition) is 3. The third kappa shape index (κ3) is 1.05. The van der Waals surface area contributed by atoms with Crippen molar-refractivity contribution < 1.29 is 0 Å². The summed E-state index contributed by atoms with van der Waals surface area (Å²) < 4.78 is 0.854. The van der Waals surface area contributed by atoms with Crippen LogP contribution in [0.15, 0.2) is 11.6 Å². The molecule has 0 amide bonds. The molecule has 2 rings (SSSR count). The van der Waals surface area contributed by atoms with Crippen molar-refractivity contribution in [2.24, 2.45) is 0 Å². The van der Waals surface area contributed by atoms with E-state index in [1.807, 2.05) is 0 Å². The summed E-state index contributed by atoms with van der Waals surface area (Å²) in [5.41, 5.74) is 8.69. The number of aromatic nitrogens is 1. The van der Waals surface area contributed by atoms with Crippen LogP contribution in [0.3, 0.4) is 0 Å². The molecule has 0 atom stereocenters. The number of rotatable bonds is 0. The Balaban J connectivity index is 2.97. The molecule has 0 aliphatic rings. The van der Waals surface area contributed by atoms with Crippen LogP contribution in [0.25, 0.3) is 10.2 Å². The fourth-order valence-corrected chi connectivity index (χ4v) is 2.37. The van der Waals surface area contributed by atoms with Crippen molar-refractivity contribution >= 4 is 50.4 Å². The predicted molar refractivity (Wildman–Crippen MR) is 54.1 cm³/mol. The van der Waals surface area contributed by atoms with Gasteiger partial charge in [0.1, 0.15) is 5.52 Å². The summed E-state index contributed by atoms with van der Waals surface area (Å²) in [6.07, 6.45) is 0. The molecule has 12 heavy (non-hydrogen) atoms. The van der Waals surface area contributed by atoms with Crippen LogP contribution < -0.4 is 5.73 Å². The maximum absolute atomic E-state index is 5.88. The van der Waals surface area contributed by atoms with Crippen molar-refractivity contribution in [1.82, 2.24) is 4.98 Å². The summed E-state index contributed by atoms with van der Waals surface area (Å²) in [4.78, 5) is 4.07. The number of thiazole rings is 1. The molecule has 1 heterocycles. The maximum Gasteiger partial charge on any atom is 0.102 e. The molecule has 0 saturated carbocycles. The van der Waals surface area contributed by atoms with E-state index < -0.39 is 0 Å². The Morgan fingerprint density at radius 2 is 2.08 bits per heavy atom. The van der Waals surface area contributed by atoms with Gasteiger partial charge in [-0.25, -0.2) is 4.98 Å². The van der Waals surface area contributed by atoms with Crippen LogP contribution in [-0.4, -0.2) is 4.98 Å². The number of fused-ring (bicyclic) bond motifs is 1. The first-order valence-corrected chi connectivity index (χ1v) is 4.80. The minimum absolute atomic E-state index is 0.483. The van der Waals surface area contributed by atoms with Gasteiger partial charge in [0.25, 0.3) is 0 Å². The number of hydrogen-bond donors (Lipinski definition) is 1. The first-order valence-electron chi connectivity index (χ1n) is 3.17. The van der Waals surface area contributed by atoms with E-state index in [9.17, 15) is 0 Å². The summed E-state index contributed by atoms with van der Waals surface area (Å²) in [5.74, 6) is 0. The molecule has 2 N–H and O–H groups in total. The van der Waals surface area contributed by atoms with Gasteiger partial charge in [-0.05, 0) is 6.07 Å². The Labute approximate surface area is 82.9 Å². The lowest BCUT2D eigenvalue weighted by Gasteiger charge is -1.99. The van der Waals surface area contributed by atoms with Crippen molar-refractivity contribution in [2.75, 3.05) is 5.73 Å². The largest absolute Gasteiger partial charge is 0.396 e. The van der Waals surface area contributed by atoms with Crippen molar-refractivity contribution in [2.45, 2.75) is 0 Å². The van der Waals surface area contributed by atoms with Crippen LogP contribution in [0.2, 0.25) is 10.0 Å². The lowest BCUT2D eigenvalue weighted by Crippen LogP contribution is -1.86. The maximum atomic E-state index is 5.88. The number of nitrogen functional groups attached to an aromatic ring is 1. The number of anilines is 1. The molecule has 0 saturated heterocycles. The van der Waals surface area contributed by atoms with Gasteiger partial charge in [0, 0.05) is 0 Å². The highest BCUT2D eigenvalue weighted by Gasteiger charge is 2.08. The molecule has 0 aliphatic heterocycles. The molecule has 0 unspecified atom stereocenters. The number of nitrogens with two attached hydrogens (primary N) is 1. The summed E-state index contributed by atoms with van der Waals surface area (Å²) in [5, 5.41) is 1.03. The highest BCUT2D eigenvalue weighted by molar-refractivity contribution is 7.17. The molecule has 2 nitrogen and oxygen atoms in total. The van der Waals surface area contributed by atoms with Gasteiger partial charge in [-0.2, -0.15) is 0 Å². The van der Waals surface area contributed by atoms with Crippen molar-refractivity contribution in [3.63, 3.8) is 0 Å². The summed E-state index contributed by atoms with van der Waals surface area (Å²) in [6.45, 7) is 0. The Bertz CT molecular complexity index is 438. The number of benzene rings is 1. The lowest BCUT2D eigenvalue weighted by molar-refractivity contribution is 1.50. The van der Waals surface area contributed by atoms with E-state index in [0.29, 0.717) is 15.7 Å². The molecule has 5 heteroatoms. The molecule has 0 radical (unpaired) electrons.